The molecule has 6 heteroatoms. The average molecular weight is 416 g/mol. The van der Waals surface area contributed by atoms with E-state index in [4.69, 9.17) is 12.2 Å². The van der Waals surface area contributed by atoms with Crippen molar-refractivity contribution in [3.05, 3.63) is 102 Å². The van der Waals surface area contributed by atoms with Crippen molar-refractivity contribution in [3.63, 3.8) is 0 Å². The molecule has 0 aliphatic heterocycles. The number of aryl methyl sites for hydroxylation is 1. The van der Waals surface area contributed by atoms with Gasteiger partial charge in [-0.2, -0.15) is 0 Å². The number of hydrogen-bond donors (Lipinski definition) is 3. The molecule has 0 aromatic heterocycles. The number of nitrogens with one attached hydrogen (secondary N) is 3. The van der Waals surface area contributed by atoms with Gasteiger partial charge in [-0.15, -0.1) is 0 Å². The summed E-state index contributed by atoms with van der Waals surface area (Å²) in [5.41, 5.74) is 9.61. The zero-order chi connectivity index (χ0) is 21.3. The summed E-state index contributed by atoms with van der Waals surface area (Å²) >= 11 is 5.04. The zero-order valence-corrected chi connectivity index (χ0v) is 17.2. The van der Waals surface area contributed by atoms with Crippen LogP contribution in [0, 0.1) is 6.92 Å². The molecule has 0 atom stereocenters. The van der Waals surface area contributed by atoms with Crippen molar-refractivity contribution >= 4 is 35.2 Å². The average Bonchev–Trinajstić information content (AvgIpc) is 2.78. The zero-order valence-electron chi connectivity index (χ0n) is 16.4. The highest BCUT2D eigenvalue weighted by Gasteiger charge is 2.07. The van der Waals surface area contributed by atoms with Gasteiger partial charge in [-0.1, -0.05) is 72.3 Å². The van der Waals surface area contributed by atoms with Crippen molar-refractivity contribution in [3.8, 4) is 11.1 Å². The Labute approximate surface area is 180 Å². The number of carbonyl (C=O) groups is 2. The summed E-state index contributed by atoms with van der Waals surface area (Å²) < 4.78 is 0. The molecule has 0 radical (unpaired) electrons. The van der Waals surface area contributed by atoms with Crippen LogP contribution in [0.25, 0.3) is 17.2 Å². The molecule has 0 aliphatic carbocycles. The minimum absolute atomic E-state index is 0.00260. The first-order chi connectivity index (χ1) is 14.5. The van der Waals surface area contributed by atoms with Gasteiger partial charge in [0.2, 0.25) is 5.91 Å². The van der Waals surface area contributed by atoms with Gasteiger partial charge < -0.3 is 0 Å². The molecule has 0 heterocycles. The summed E-state index contributed by atoms with van der Waals surface area (Å²) in [7, 11) is 0. The molecule has 3 aromatic carbocycles. The minimum atomic E-state index is -0.394. The molecular formula is C24H21N3O2S. The van der Waals surface area contributed by atoms with Gasteiger partial charge in [0.25, 0.3) is 5.91 Å². The van der Waals surface area contributed by atoms with Crippen molar-refractivity contribution in [2.75, 3.05) is 0 Å². The molecule has 150 valence electrons. The van der Waals surface area contributed by atoms with E-state index in [9.17, 15) is 9.59 Å². The van der Waals surface area contributed by atoms with Crippen LogP contribution in [-0.2, 0) is 4.79 Å². The third-order valence-electron chi connectivity index (χ3n) is 4.29. The predicted molar refractivity (Wildman–Crippen MR) is 123 cm³/mol. The number of benzene rings is 3. The number of hydrogen-bond acceptors (Lipinski definition) is 3. The first-order valence-corrected chi connectivity index (χ1v) is 9.73. The van der Waals surface area contributed by atoms with Crippen molar-refractivity contribution < 1.29 is 9.59 Å². The van der Waals surface area contributed by atoms with Gasteiger partial charge in [0.1, 0.15) is 0 Å². The van der Waals surface area contributed by atoms with Crippen LogP contribution in [0.15, 0.2) is 84.9 Å². The van der Waals surface area contributed by atoms with Crippen molar-refractivity contribution in [1.29, 1.82) is 0 Å². The fourth-order valence-electron chi connectivity index (χ4n) is 2.66. The van der Waals surface area contributed by atoms with E-state index in [1.807, 2.05) is 73.7 Å². The van der Waals surface area contributed by atoms with Crippen LogP contribution in [0.1, 0.15) is 21.5 Å². The van der Waals surface area contributed by atoms with Crippen molar-refractivity contribution in [2.45, 2.75) is 6.92 Å². The molecule has 2 amide bonds. The normalized spacial score (nSPS) is 10.4. The summed E-state index contributed by atoms with van der Waals surface area (Å²) in [6, 6.07) is 24.9. The summed E-state index contributed by atoms with van der Waals surface area (Å²) in [5.74, 6) is -0.754. The first kappa shape index (κ1) is 21.0. The van der Waals surface area contributed by atoms with Crippen molar-refractivity contribution in [2.24, 2.45) is 0 Å². The van der Waals surface area contributed by atoms with Crippen LogP contribution in [0.4, 0.5) is 0 Å². The maximum absolute atomic E-state index is 12.3. The third-order valence-corrected chi connectivity index (χ3v) is 4.49. The van der Waals surface area contributed by atoms with Gasteiger partial charge in [-0.05, 0) is 54.0 Å². The lowest BCUT2D eigenvalue weighted by Crippen LogP contribution is -2.48. The third kappa shape index (κ3) is 6.12. The maximum Gasteiger partial charge on any atom is 0.269 e. The smallest absolute Gasteiger partial charge is 0.269 e. The Kier molecular flexibility index (Phi) is 7.08. The van der Waals surface area contributed by atoms with Gasteiger partial charge in [0.15, 0.2) is 5.11 Å². The van der Waals surface area contributed by atoms with Crippen LogP contribution >= 0.6 is 12.2 Å². The molecule has 3 aromatic rings. The molecule has 3 N–H and O–H groups in total. The highest BCUT2D eigenvalue weighted by atomic mass is 32.1. The van der Waals surface area contributed by atoms with Gasteiger partial charge >= 0.3 is 0 Å². The second-order valence-corrected chi connectivity index (χ2v) is 6.99. The monoisotopic (exact) mass is 415 g/mol. The largest absolute Gasteiger partial charge is 0.298 e. The number of rotatable bonds is 4. The standard InChI is InChI=1S/C24H21N3O2S/c1-17-7-9-18(10-8-17)11-16-22(28)25-24(30)27-26-23(29)21-14-12-20(13-15-21)19-5-3-2-4-6-19/h2-16H,1H3,(H,26,29)(H2,25,27,28,30). The van der Waals surface area contributed by atoms with Gasteiger partial charge in [0.05, 0.1) is 0 Å². The Morgan fingerprint density at radius 3 is 2.10 bits per heavy atom. The maximum atomic E-state index is 12.3. The number of hydrazine groups is 1. The Bertz CT molecular complexity index is 1060. The van der Waals surface area contributed by atoms with Crippen LogP contribution in [-0.4, -0.2) is 16.9 Å². The van der Waals surface area contributed by atoms with Gasteiger partial charge in [-0.25, -0.2) is 0 Å². The molecular weight excluding hydrogens is 394 g/mol. The van der Waals surface area contributed by atoms with E-state index < -0.39 is 5.91 Å². The van der Waals surface area contributed by atoms with E-state index in [1.54, 1.807) is 18.2 Å². The fraction of sp³-hybridized carbons (Fsp3) is 0.0417. The van der Waals surface area contributed by atoms with Crippen LogP contribution < -0.4 is 16.2 Å². The number of amides is 2. The van der Waals surface area contributed by atoms with Crippen LogP contribution in [0.2, 0.25) is 0 Å². The lowest BCUT2D eigenvalue weighted by Gasteiger charge is -2.10. The van der Waals surface area contributed by atoms with E-state index >= 15 is 0 Å². The molecule has 5 nitrogen and oxygen atoms in total. The van der Waals surface area contributed by atoms with Crippen molar-refractivity contribution in [1.82, 2.24) is 16.2 Å². The first-order valence-electron chi connectivity index (χ1n) is 9.33. The van der Waals surface area contributed by atoms with Gasteiger partial charge in [-0.3, -0.25) is 25.8 Å². The molecule has 0 saturated heterocycles. The second kappa shape index (κ2) is 10.1. The predicted octanol–water partition coefficient (Wildman–Crippen LogP) is 4.01. The van der Waals surface area contributed by atoms with E-state index in [0.29, 0.717) is 5.56 Å². The van der Waals surface area contributed by atoms with E-state index in [0.717, 1.165) is 22.3 Å². The topological polar surface area (TPSA) is 70.2 Å². The Hall–Kier alpha value is -3.77. The molecule has 0 fully saturated rings. The van der Waals surface area contributed by atoms with E-state index in [1.165, 1.54) is 6.08 Å². The lowest BCUT2D eigenvalue weighted by atomic mass is 10.0. The molecule has 0 aliphatic rings. The molecule has 0 bridgehead atoms. The molecule has 3 rings (SSSR count). The Morgan fingerprint density at radius 1 is 0.800 bits per heavy atom. The van der Waals surface area contributed by atoms with Gasteiger partial charge in [0, 0.05) is 11.6 Å². The lowest BCUT2D eigenvalue weighted by molar-refractivity contribution is -0.115. The Morgan fingerprint density at radius 2 is 1.43 bits per heavy atom. The molecule has 0 spiro atoms. The van der Waals surface area contributed by atoms with E-state index in [2.05, 4.69) is 16.2 Å². The van der Waals surface area contributed by atoms with Crippen LogP contribution in [0.5, 0.6) is 0 Å². The van der Waals surface area contributed by atoms with E-state index in [-0.39, 0.29) is 11.0 Å². The number of carbonyl (C=O) groups excluding carboxylic acids is 2. The number of thiocarbonyl (C=S) groups is 1. The molecule has 30 heavy (non-hydrogen) atoms. The Balaban J connectivity index is 1.47. The second-order valence-electron chi connectivity index (χ2n) is 6.58. The summed E-state index contributed by atoms with van der Waals surface area (Å²) in [4.78, 5) is 24.2. The summed E-state index contributed by atoms with van der Waals surface area (Å²) in [5, 5.41) is 2.48. The van der Waals surface area contributed by atoms with Crippen LogP contribution in [0.3, 0.4) is 0 Å². The highest BCUT2D eigenvalue weighted by Crippen LogP contribution is 2.19. The molecule has 0 saturated carbocycles. The quantitative estimate of drug-likeness (QED) is 0.342. The highest BCUT2D eigenvalue weighted by molar-refractivity contribution is 7.80. The SMILES string of the molecule is Cc1ccc(C=CC(=O)NC(=S)NNC(=O)c2ccc(-c3ccccc3)cc2)cc1. The minimum Gasteiger partial charge on any atom is -0.298 e. The molecule has 0 unspecified atom stereocenters. The summed E-state index contributed by atoms with van der Waals surface area (Å²) in [6.07, 6.45) is 3.06. The summed E-state index contributed by atoms with van der Waals surface area (Å²) in [6.45, 7) is 2.00. The fourth-order valence-corrected chi connectivity index (χ4v) is 2.82.